The average molecular weight is 262 g/mol. The Morgan fingerprint density at radius 2 is 1.63 bits per heavy atom. The van der Waals surface area contributed by atoms with E-state index in [0.717, 1.165) is 17.5 Å². The molecule has 1 aromatic heterocycles. The highest BCUT2D eigenvalue weighted by atomic mass is 19.3. The van der Waals surface area contributed by atoms with Crippen LogP contribution < -0.4 is 0 Å². The Bertz CT molecular complexity index is 509. The van der Waals surface area contributed by atoms with Crippen LogP contribution in [0.3, 0.4) is 0 Å². The van der Waals surface area contributed by atoms with Crippen LogP contribution in [0.5, 0.6) is 0 Å². The van der Waals surface area contributed by atoms with E-state index in [9.17, 15) is 8.78 Å². The summed E-state index contributed by atoms with van der Waals surface area (Å²) in [5.41, 5.74) is 1.74. The molecule has 0 aliphatic heterocycles. The van der Waals surface area contributed by atoms with Crippen molar-refractivity contribution in [1.29, 1.82) is 0 Å². The molecule has 2 rings (SSSR count). The monoisotopic (exact) mass is 262 g/mol. The summed E-state index contributed by atoms with van der Waals surface area (Å²) >= 11 is 0. The first kappa shape index (κ1) is 13.6. The second kappa shape index (κ2) is 5.87. The van der Waals surface area contributed by atoms with Crippen molar-refractivity contribution < 1.29 is 8.78 Å². The Morgan fingerprint density at radius 1 is 1.00 bits per heavy atom. The summed E-state index contributed by atoms with van der Waals surface area (Å²) in [6.45, 7) is 1.91. The molecule has 2 nitrogen and oxygen atoms in total. The summed E-state index contributed by atoms with van der Waals surface area (Å²) in [5, 5.41) is 0. The molecule has 0 N–H and O–H groups in total. The van der Waals surface area contributed by atoms with Crippen LogP contribution in [0.15, 0.2) is 43.0 Å². The van der Waals surface area contributed by atoms with E-state index in [1.807, 2.05) is 6.92 Å². The van der Waals surface area contributed by atoms with Crippen molar-refractivity contribution >= 4 is 0 Å². The summed E-state index contributed by atoms with van der Waals surface area (Å²) in [6.07, 6.45) is 5.97. The SMILES string of the molecule is CCCCC(F)(F)c1ccc(-c2cncnc2)cc1. The minimum absolute atomic E-state index is 0.0709. The fourth-order valence-electron chi connectivity index (χ4n) is 1.90. The normalized spacial score (nSPS) is 11.5. The Balaban J connectivity index is 2.19. The van der Waals surface area contributed by atoms with E-state index in [4.69, 9.17) is 0 Å². The number of hydrogen-bond donors (Lipinski definition) is 0. The van der Waals surface area contributed by atoms with Gasteiger partial charge < -0.3 is 0 Å². The molecule has 0 saturated heterocycles. The zero-order valence-corrected chi connectivity index (χ0v) is 10.8. The van der Waals surface area contributed by atoms with Gasteiger partial charge in [-0.25, -0.2) is 18.7 Å². The molecule has 19 heavy (non-hydrogen) atoms. The highest BCUT2D eigenvalue weighted by Gasteiger charge is 2.30. The molecule has 0 saturated carbocycles. The molecule has 0 aliphatic rings. The van der Waals surface area contributed by atoms with Gasteiger partial charge in [0.15, 0.2) is 0 Å². The van der Waals surface area contributed by atoms with Crippen LogP contribution in [-0.4, -0.2) is 9.97 Å². The highest BCUT2D eigenvalue weighted by molar-refractivity contribution is 5.61. The molecular formula is C15H16F2N2. The van der Waals surface area contributed by atoms with Crippen LogP contribution in [-0.2, 0) is 5.92 Å². The Morgan fingerprint density at radius 3 is 2.21 bits per heavy atom. The lowest BCUT2D eigenvalue weighted by molar-refractivity contribution is -0.0154. The molecule has 1 heterocycles. The molecule has 0 fully saturated rings. The maximum absolute atomic E-state index is 13.9. The van der Waals surface area contributed by atoms with Gasteiger partial charge in [-0.1, -0.05) is 37.6 Å². The largest absolute Gasteiger partial charge is 0.273 e. The van der Waals surface area contributed by atoms with Crippen molar-refractivity contribution in [2.45, 2.75) is 32.1 Å². The van der Waals surface area contributed by atoms with Crippen molar-refractivity contribution in [3.05, 3.63) is 48.5 Å². The summed E-state index contributed by atoms with van der Waals surface area (Å²) in [5.74, 6) is -2.75. The third-order valence-corrected chi connectivity index (χ3v) is 3.05. The second-order valence-electron chi connectivity index (χ2n) is 4.51. The van der Waals surface area contributed by atoms with E-state index in [1.165, 1.54) is 18.5 Å². The first-order chi connectivity index (χ1) is 9.13. The molecule has 0 atom stereocenters. The lowest BCUT2D eigenvalue weighted by Gasteiger charge is -2.16. The smallest absolute Gasteiger partial charge is 0.244 e. The third-order valence-electron chi connectivity index (χ3n) is 3.05. The first-order valence-corrected chi connectivity index (χ1v) is 6.37. The summed E-state index contributed by atoms with van der Waals surface area (Å²) in [4.78, 5) is 7.83. The average Bonchev–Trinajstić information content (AvgIpc) is 2.46. The molecule has 0 radical (unpaired) electrons. The molecule has 0 aliphatic carbocycles. The summed E-state index contributed by atoms with van der Waals surface area (Å²) in [7, 11) is 0. The van der Waals surface area contributed by atoms with Crippen molar-refractivity contribution in [3.8, 4) is 11.1 Å². The molecule has 0 spiro atoms. The molecule has 4 heteroatoms. The van der Waals surface area contributed by atoms with Gasteiger partial charge in [-0.2, -0.15) is 0 Å². The van der Waals surface area contributed by atoms with Crippen LogP contribution in [0.25, 0.3) is 11.1 Å². The predicted octanol–water partition coefficient (Wildman–Crippen LogP) is 4.43. The van der Waals surface area contributed by atoms with Crippen LogP contribution in [0.1, 0.15) is 31.7 Å². The third kappa shape index (κ3) is 3.34. The van der Waals surface area contributed by atoms with Gasteiger partial charge in [0, 0.05) is 29.9 Å². The van der Waals surface area contributed by atoms with E-state index in [2.05, 4.69) is 9.97 Å². The van der Waals surface area contributed by atoms with Crippen molar-refractivity contribution in [2.75, 3.05) is 0 Å². The van der Waals surface area contributed by atoms with Gasteiger partial charge in [-0.05, 0) is 12.0 Å². The number of nitrogens with zero attached hydrogens (tertiary/aromatic N) is 2. The maximum atomic E-state index is 13.9. The Kier molecular flexibility index (Phi) is 4.20. The Hall–Kier alpha value is -1.84. The molecule has 0 amide bonds. The lowest BCUT2D eigenvalue weighted by Crippen LogP contribution is -2.12. The van der Waals surface area contributed by atoms with Gasteiger partial charge in [0.1, 0.15) is 6.33 Å². The molecule has 2 aromatic rings. The van der Waals surface area contributed by atoms with E-state index in [1.54, 1.807) is 24.5 Å². The second-order valence-corrected chi connectivity index (χ2v) is 4.51. The van der Waals surface area contributed by atoms with Crippen LogP contribution in [0.2, 0.25) is 0 Å². The van der Waals surface area contributed by atoms with Crippen LogP contribution in [0.4, 0.5) is 8.78 Å². The molecular weight excluding hydrogens is 246 g/mol. The van der Waals surface area contributed by atoms with Crippen molar-refractivity contribution in [3.63, 3.8) is 0 Å². The number of rotatable bonds is 5. The van der Waals surface area contributed by atoms with Gasteiger partial charge >= 0.3 is 0 Å². The van der Waals surface area contributed by atoms with E-state index < -0.39 is 5.92 Å². The predicted molar refractivity (Wildman–Crippen MR) is 70.9 cm³/mol. The van der Waals surface area contributed by atoms with E-state index in [-0.39, 0.29) is 12.0 Å². The number of hydrogen-bond acceptors (Lipinski definition) is 2. The first-order valence-electron chi connectivity index (χ1n) is 6.37. The number of benzene rings is 1. The van der Waals surface area contributed by atoms with Crippen molar-refractivity contribution in [2.24, 2.45) is 0 Å². The topological polar surface area (TPSA) is 25.8 Å². The zero-order chi connectivity index (χ0) is 13.7. The van der Waals surface area contributed by atoms with Gasteiger partial charge in [0.2, 0.25) is 0 Å². The molecule has 100 valence electrons. The Labute approximate surface area is 111 Å². The summed E-state index contributed by atoms with van der Waals surface area (Å²) < 4.78 is 27.7. The number of alkyl halides is 2. The molecule has 0 unspecified atom stereocenters. The fraction of sp³-hybridized carbons (Fsp3) is 0.333. The minimum atomic E-state index is -2.75. The quantitative estimate of drug-likeness (QED) is 0.796. The van der Waals surface area contributed by atoms with E-state index in [0.29, 0.717) is 6.42 Å². The van der Waals surface area contributed by atoms with Gasteiger partial charge in [0.05, 0.1) is 0 Å². The summed E-state index contributed by atoms with van der Waals surface area (Å²) in [6, 6.07) is 6.34. The van der Waals surface area contributed by atoms with Gasteiger partial charge in [-0.15, -0.1) is 0 Å². The molecule has 1 aromatic carbocycles. The number of aromatic nitrogens is 2. The minimum Gasteiger partial charge on any atom is -0.244 e. The van der Waals surface area contributed by atoms with Crippen LogP contribution in [0, 0.1) is 0 Å². The van der Waals surface area contributed by atoms with Crippen LogP contribution >= 0.6 is 0 Å². The lowest BCUT2D eigenvalue weighted by atomic mass is 10.00. The van der Waals surface area contributed by atoms with Crippen molar-refractivity contribution in [1.82, 2.24) is 9.97 Å². The van der Waals surface area contributed by atoms with Gasteiger partial charge in [0.25, 0.3) is 5.92 Å². The maximum Gasteiger partial charge on any atom is 0.273 e. The fourth-order valence-corrected chi connectivity index (χ4v) is 1.90. The van der Waals surface area contributed by atoms with Gasteiger partial charge in [-0.3, -0.25) is 0 Å². The number of halogens is 2. The molecule has 0 bridgehead atoms. The number of unbranched alkanes of at least 4 members (excludes halogenated alkanes) is 1. The standard InChI is InChI=1S/C15H16F2N2/c1-2-3-8-15(16,17)14-6-4-12(5-7-14)13-9-18-11-19-10-13/h4-7,9-11H,2-3,8H2,1H3. The van der Waals surface area contributed by atoms with E-state index >= 15 is 0 Å². The zero-order valence-electron chi connectivity index (χ0n) is 10.8. The highest BCUT2D eigenvalue weighted by Crippen LogP contribution is 2.34.